The fourth-order valence-electron chi connectivity index (χ4n) is 4.26. The van der Waals surface area contributed by atoms with Crippen LogP contribution in [0.15, 0.2) is 47.2 Å². The van der Waals surface area contributed by atoms with E-state index < -0.39 is 23.8 Å². The number of nitrogens with zero attached hydrogens (tertiary/aromatic N) is 3. The van der Waals surface area contributed by atoms with Crippen molar-refractivity contribution in [3.05, 3.63) is 69.7 Å². The van der Waals surface area contributed by atoms with Crippen molar-refractivity contribution in [2.45, 2.75) is 50.9 Å². The number of anilines is 1. The number of likely N-dealkylation sites (N-methyl/N-ethyl adjacent to an activating group) is 1. The van der Waals surface area contributed by atoms with E-state index in [1.165, 1.54) is 16.2 Å². The Kier molecular flexibility index (Phi) is 7.06. The Hall–Kier alpha value is -3.14. The number of para-hydroxylation sites is 1. The molecular weight excluding hydrogens is 465 g/mol. The van der Waals surface area contributed by atoms with Crippen LogP contribution in [0.3, 0.4) is 0 Å². The molecule has 180 valence electrons. The van der Waals surface area contributed by atoms with Crippen LogP contribution in [0.1, 0.15) is 35.4 Å². The number of amides is 2. The SMILES string of the molecule is CN(C(=O)C(Cc1ccsc1)NC(=O)Cn1nc(C(F)(F)F)c2c1CCCC2)c1ccccc1. The van der Waals surface area contributed by atoms with Gasteiger partial charge in [-0.05, 0) is 60.2 Å². The van der Waals surface area contributed by atoms with E-state index in [0.717, 1.165) is 16.7 Å². The molecule has 34 heavy (non-hydrogen) atoms. The number of fused-ring (bicyclic) bond motifs is 1. The number of carbonyl (C=O) groups is 2. The van der Waals surface area contributed by atoms with Gasteiger partial charge in [0.25, 0.3) is 0 Å². The Bertz CT molecular complexity index is 1140. The largest absolute Gasteiger partial charge is 0.435 e. The Morgan fingerprint density at radius 1 is 1.18 bits per heavy atom. The lowest BCUT2D eigenvalue weighted by atomic mass is 9.95. The molecule has 1 unspecified atom stereocenters. The van der Waals surface area contributed by atoms with Crippen molar-refractivity contribution in [1.82, 2.24) is 15.1 Å². The van der Waals surface area contributed by atoms with Crippen molar-refractivity contribution in [3.8, 4) is 0 Å². The van der Waals surface area contributed by atoms with Gasteiger partial charge >= 0.3 is 6.18 Å². The molecular formula is C24H25F3N4O2S. The summed E-state index contributed by atoms with van der Waals surface area (Å²) < 4.78 is 41.6. The van der Waals surface area contributed by atoms with E-state index in [-0.39, 0.29) is 24.4 Å². The molecule has 6 nitrogen and oxygen atoms in total. The highest BCUT2D eigenvalue weighted by Crippen LogP contribution is 2.35. The minimum absolute atomic E-state index is 0.182. The maximum absolute atomic E-state index is 13.5. The molecule has 0 aliphatic heterocycles. The highest BCUT2D eigenvalue weighted by molar-refractivity contribution is 7.07. The van der Waals surface area contributed by atoms with Crippen molar-refractivity contribution in [2.24, 2.45) is 0 Å². The summed E-state index contributed by atoms with van der Waals surface area (Å²) in [6, 6.07) is 10.0. The number of hydrogen-bond acceptors (Lipinski definition) is 4. The zero-order valence-electron chi connectivity index (χ0n) is 18.6. The number of thiophene rings is 1. The number of benzene rings is 1. The Morgan fingerprint density at radius 2 is 1.91 bits per heavy atom. The molecule has 1 aliphatic rings. The summed E-state index contributed by atoms with van der Waals surface area (Å²) in [6.45, 7) is -0.374. The second-order valence-corrected chi connectivity index (χ2v) is 9.11. The first-order chi connectivity index (χ1) is 16.2. The smallest absolute Gasteiger partial charge is 0.342 e. The molecule has 2 amide bonds. The van der Waals surface area contributed by atoms with Gasteiger partial charge in [-0.1, -0.05) is 18.2 Å². The molecule has 0 bridgehead atoms. The van der Waals surface area contributed by atoms with E-state index in [4.69, 9.17) is 0 Å². The number of rotatable bonds is 7. The summed E-state index contributed by atoms with van der Waals surface area (Å²) >= 11 is 1.48. The van der Waals surface area contributed by atoms with Crippen LogP contribution in [0.5, 0.6) is 0 Å². The van der Waals surface area contributed by atoms with E-state index in [2.05, 4.69) is 10.4 Å². The van der Waals surface area contributed by atoms with Gasteiger partial charge in [-0.15, -0.1) is 0 Å². The van der Waals surface area contributed by atoms with Gasteiger partial charge in [0, 0.05) is 30.4 Å². The fraction of sp³-hybridized carbons (Fsp3) is 0.375. The predicted molar refractivity (Wildman–Crippen MR) is 124 cm³/mol. The van der Waals surface area contributed by atoms with Crippen LogP contribution in [0.25, 0.3) is 0 Å². The van der Waals surface area contributed by atoms with Crippen molar-refractivity contribution in [2.75, 3.05) is 11.9 Å². The maximum Gasteiger partial charge on any atom is 0.435 e. The molecule has 1 atom stereocenters. The number of nitrogens with one attached hydrogen (secondary N) is 1. The van der Waals surface area contributed by atoms with Gasteiger partial charge in [0.1, 0.15) is 12.6 Å². The van der Waals surface area contributed by atoms with Crippen molar-refractivity contribution < 1.29 is 22.8 Å². The van der Waals surface area contributed by atoms with Crippen molar-refractivity contribution in [1.29, 1.82) is 0 Å². The molecule has 4 rings (SSSR count). The van der Waals surface area contributed by atoms with Gasteiger partial charge in [-0.2, -0.15) is 29.6 Å². The van der Waals surface area contributed by atoms with Crippen LogP contribution >= 0.6 is 11.3 Å². The lowest BCUT2D eigenvalue weighted by molar-refractivity contribution is -0.142. The molecule has 2 aromatic heterocycles. The number of hydrogen-bond donors (Lipinski definition) is 1. The molecule has 1 aromatic carbocycles. The molecule has 0 fully saturated rings. The number of carbonyl (C=O) groups excluding carboxylic acids is 2. The van der Waals surface area contributed by atoms with E-state index in [1.54, 1.807) is 19.2 Å². The van der Waals surface area contributed by atoms with Crippen molar-refractivity contribution in [3.63, 3.8) is 0 Å². The standard InChI is InChI=1S/C24H25F3N4O2S/c1-30(17-7-3-2-4-8-17)23(33)19(13-16-11-12-34-15-16)28-21(32)14-31-20-10-6-5-9-18(20)22(29-31)24(25,26)27/h2-4,7-8,11-12,15,19H,5-6,9-10,13-14H2,1H3,(H,28,32). The second kappa shape index (κ2) is 10.0. The minimum Gasteiger partial charge on any atom is -0.342 e. The Labute approximate surface area is 199 Å². The average Bonchev–Trinajstić information content (AvgIpc) is 3.46. The van der Waals surface area contributed by atoms with Crippen LogP contribution in [0.4, 0.5) is 18.9 Å². The van der Waals surface area contributed by atoms with E-state index in [1.807, 2.05) is 35.0 Å². The lowest BCUT2D eigenvalue weighted by Gasteiger charge is -2.25. The monoisotopic (exact) mass is 490 g/mol. The first kappa shape index (κ1) is 24.0. The summed E-state index contributed by atoms with van der Waals surface area (Å²) in [5, 5.41) is 10.3. The zero-order valence-corrected chi connectivity index (χ0v) is 19.5. The third-order valence-electron chi connectivity index (χ3n) is 5.95. The quantitative estimate of drug-likeness (QED) is 0.539. The normalized spacial score (nSPS) is 14.4. The van der Waals surface area contributed by atoms with Gasteiger partial charge in [0.2, 0.25) is 11.8 Å². The van der Waals surface area contributed by atoms with E-state index >= 15 is 0 Å². The highest BCUT2D eigenvalue weighted by Gasteiger charge is 2.39. The van der Waals surface area contributed by atoms with Gasteiger partial charge < -0.3 is 10.2 Å². The molecule has 1 N–H and O–H groups in total. The molecule has 0 saturated carbocycles. The second-order valence-electron chi connectivity index (χ2n) is 8.32. The molecule has 0 radical (unpaired) electrons. The highest BCUT2D eigenvalue weighted by atomic mass is 32.1. The van der Waals surface area contributed by atoms with E-state index in [9.17, 15) is 22.8 Å². The lowest BCUT2D eigenvalue weighted by Crippen LogP contribution is -2.49. The minimum atomic E-state index is -4.57. The third kappa shape index (κ3) is 5.32. The molecule has 2 heterocycles. The molecule has 0 saturated heterocycles. The third-order valence-corrected chi connectivity index (χ3v) is 6.68. The number of halogens is 3. The van der Waals surface area contributed by atoms with Gasteiger partial charge in [0.15, 0.2) is 5.69 Å². The van der Waals surface area contributed by atoms with Gasteiger partial charge in [-0.25, -0.2) is 0 Å². The van der Waals surface area contributed by atoms with E-state index in [0.29, 0.717) is 30.6 Å². The van der Waals surface area contributed by atoms with Crippen LogP contribution in [0, 0.1) is 0 Å². The first-order valence-corrected chi connectivity index (χ1v) is 12.0. The van der Waals surface area contributed by atoms with Crippen LogP contribution in [-0.4, -0.2) is 34.7 Å². The van der Waals surface area contributed by atoms with Gasteiger partial charge in [0.05, 0.1) is 0 Å². The number of aromatic nitrogens is 2. The van der Waals surface area contributed by atoms with Crippen molar-refractivity contribution >= 4 is 28.8 Å². The summed E-state index contributed by atoms with van der Waals surface area (Å²) in [5.41, 5.74) is 1.29. The predicted octanol–water partition coefficient (Wildman–Crippen LogP) is 4.23. The van der Waals surface area contributed by atoms with Crippen LogP contribution < -0.4 is 10.2 Å². The summed E-state index contributed by atoms with van der Waals surface area (Å²) in [6.07, 6.45) is -2.14. The Balaban J connectivity index is 1.54. The van der Waals surface area contributed by atoms with Gasteiger partial charge in [-0.3, -0.25) is 14.3 Å². The fourth-order valence-corrected chi connectivity index (χ4v) is 4.94. The average molecular weight is 491 g/mol. The topological polar surface area (TPSA) is 67.2 Å². The maximum atomic E-state index is 13.5. The number of alkyl halides is 3. The Morgan fingerprint density at radius 3 is 2.59 bits per heavy atom. The molecule has 0 spiro atoms. The summed E-state index contributed by atoms with van der Waals surface area (Å²) in [5.74, 6) is -0.871. The summed E-state index contributed by atoms with van der Waals surface area (Å²) in [7, 11) is 1.63. The first-order valence-electron chi connectivity index (χ1n) is 11.0. The molecule has 10 heteroatoms. The summed E-state index contributed by atoms with van der Waals surface area (Å²) in [4.78, 5) is 27.7. The zero-order chi connectivity index (χ0) is 24.3. The molecule has 1 aliphatic carbocycles. The van der Waals surface area contributed by atoms with Crippen LogP contribution in [-0.2, 0) is 41.6 Å². The molecule has 3 aromatic rings. The van der Waals surface area contributed by atoms with Crippen LogP contribution in [0.2, 0.25) is 0 Å².